The molecule has 2 atom stereocenters. The van der Waals surface area contributed by atoms with Gasteiger partial charge in [-0.3, -0.25) is 4.79 Å². The van der Waals surface area contributed by atoms with Crippen LogP contribution in [-0.2, 0) is 0 Å². The predicted octanol–water partition coefficient (Wildman–Crippen LogP) is 3.92. The van der Waals surface area contributed by atoms with Crippen molar-refractivity contribution < 1.29 is 14.5 Å². The second kappa shape index (κ2) is 8.89. The van der Waals surface area contributed by atoms with E-state index < -0.39 is 11.1 Å². The van der Waals surface area contributed by atoms with Crippen molar-refractivity contribution in [3.05, 3.63) is 59.7 Å². The maximum atomic E-state index is 12.2. The van der Waals surface area contributed by atoms with Crippen LogP contribution in [0, 0.1) is 0 Å². The summed E-state index contributed by atoms with van der Waals surface area (Å²) in [5.41, 5.74) is 1.50. The van der Waals surface area contributed by atoms with Crippen molar-refractivity contribution in [1.29, 1.82) is 0 Å². The fourth-order valence-electron chi connectivity index (χ4n) is 2.90. The van der Waals surface area contributed by atoms with Gasteiger partial charge in [0.05, 0.1) is 17.3 Å². The summed E-state index contributed by atoms with van der Waals surface area (Å²) in [6, 6.07) is 14.6. The SMILES string of the molecule is CC[C@@H](Nc1n[s+]([O-])nc1Nc1cccc(C(=O)N(C)C)c1O)c1ccccc1. The number of benzene rings is 2. The first kappa shape index (κ1) is 20.6. The highest BCUT2D eigenvalue weighted by molar-refractivity contribution is 7.14. The van der Waals surface area contributed by atoms with Crippen molar-refractivity contribution >= 4 is 34.4 Å². The molecule has 152 valence electrons. The second-order valence-corrected chi connectivity index (χ2v) is 7.48. The van der Waals surface area contributed by atoms with Crippen LogP contribution in [0.3, 0.4) is 0 Å². The lowest BCUT2D eigenvalue weighted by Gasteiger charge is -2.17. The average molecular weight is 414 g/mol. The highest BCUT2D eigenvalue weighted by atomic mass is 32.2. The van der Waals surface area contributed by atoms with Crippen molar-refractivity contribution in [2.24, 2.45) is 0 Å². The molecule has 1 amide bonds. The van der Waals surface area contributed by atoms with E-state index in [4.69, 9.17) is 0 Å². The smallest absolute Gasteiger partial charge is 0.257 e. The van der Waals surface area contributed by atoms with Crippen LogP contribution in [0.5, 0.6) is 5.75 Å². The molecule has 2 aromatic carbocycles. The summed E-state index contributed by atoms with van der Waals surface area (Å²) < 4.78 is 20.0. The number of nitrogens with one attached hydrogen (secondary N) is 2. The molecule has 29 heavy (non-hydrogen) atoms. The van der Waals surface area contributed by atoms with Crippen molar-refractivity contribution in [3.8, 4) is 5.75 Å². The van der Waals surface area contributed by atoms with Crippen molar-refractivity contribution in [1.82, 2.24) is 13.6 Å². The van der Waals surface area contributed by atoms with Gasteiger partial charge in [-0.05, 0) is 24.1 Å². The molecule has 0 aliphatic heterocycles. The molecule has 3 rings (SSSR count). The van der Waals surface area contributed by atoms with Crippen LogP contribution in [0.15, 0.2) is 48.5 Å². The number of anilines is 3. The van der Waals surface area contributed by atoms with Gasteiger partial charge in [0.2, 0.25) is 11.6 Å². The normalized spacial score (nSPS) is 12.3. The Morgan fingerprint density at radius 1 is 1.14 bits per heavy atom. The van der Waals surface area contributed by atoms with Gasteiger partial charge in [0, 0.05) is 22.8 Å². The number of phenols is 1. The van der Waals surface area contributed by atoms with E-state index in [9.17, 15) is 14.5 Å². The maximum absolute atomic E-state index is 12.2. The van der Waals surface area contributed by atoms with Crippen molar-refractivity contribution in [2.75, 3.05) is 24.7 Å². The zero-order valence-electron chi connectivity index (χ0n) is 16.4. The van der Waals surface area contributed by atoms with E-state index in [2.05, 4.69) is 19.4 Å². The minimum absolute atomic E-state index is 0.0488. The van der Waals surface area contributed by atoms with Gasteiger partial charge in [-0.2, -0.15) is 0 Å². The summed E-state index contributed by atoms with van der Waals surface area (Å²) in [4.78, 5) is 13.6. The number of hydrogen-bond acceptors (Lipinski definition) is 7. The number of carbonyl (C=O) groups excluding carboxylic acids is 1. The molecule has 0 bridgehead atoms. The van der Waals surface area contributed by atoms with Crippen molar-refractivity contribution in [2.45, 2.75) is 19.4 Å². The molecule has 0 aliphatic carbocycles. The van der Waals surface area contributed by atoms with E-state index in [1.54, 1.807) is 26.2 Å². The van der Waals surface area contributed by atoms with Crippen LogP contribution in [0.2, 0.25) is 0 Å². The number of phenolic OH excluding ortho intramolecular Hbond substituents is 1. The highest BCUT2D eigenvalue weighted by Crippen LogP contribution is 2.35. The highest BCUT2D eigenvalue weighted by Gasteiger charge is 2.22. The minimum atomic E-state index is -1.77. The minimum Gasteiger partial charge on any atom is -0.546 e. The monoisotopic (exact) mass is 413 g/mol. The van der Waals surface area contributed by atoms with E-state index in [-0.39, 0.29) is 34.8 Å². The molecule has 1 unspecified atom stereocenters. The lowest BCUT2D eigenvalue weighted by atomic mass is 10.0. The lowest BCUT2D eigenvalue weighted by Crippen LogP contribution is -2.21. The third kappa shape index (κ3) is 4.64. The number of rotatable bonds is 7. The maximum Gasteiger partial charge on any atom is 0.257 e. The zero-order chi connectivity index (χ0) is 21.0. The number of hydrogen-bond donors (Lipinski definition) is 3. The Labute approximate surface area is 172 Å². The van der Waals surface area contributed by atoms with Gasteiger partial charge in [0.15, 0.2) is 16.9 Å². The van der Waals surface area contributed by atoms with Gasteiger partial charge < -0.3 is 25.2 Å². The number of amides is 1. The Hall–Kier alpha value is -3.17. The molecular formula is C20H23N5O3S. The largest absolute Gasteiger partial charge is 0.546 e. The third-order valence-electron chi connectivity index (χ3n) is 4.41. The molecule has 0 radical (unpaired) electrons. The van der Waals surface area contributed by atoms with Gasteiger partial charge in [-0.25, -0.2) is 0 Å². The Bertz CT molecular complexity index is 991. The molecule has 0 saturated heterocycles. The Morgan fingerprint density at radius 2 is 1.83 bits per heavy atom. The van der Waals surface area contributed by atoms with Gasteiger partial charge in [0.25, 0.3) is 5.91 Å². The first-order valence-electron chi connectivity index (χ1n) is 9.12. The lowest BCUT2D eigenvalue weighted by molar-refractivity contribution is 0.0824. The average Bonchev–Trinajstić information content (AvgIpc) is 3.06. The van der Waals surface area contributed by atoms with E-state index >= 15 is 0 Å². The van der Waals surface area contributed by atoms with Crippen LogP contribution in [0.4, 0.5) is 17.3 Å². The molecule has 8 nitrogen and oxygen atoms in total. The molecule has 0 fully saturated rings. The van der Waals surface area contributed by atoms with Gasteiger partial charge in [-0.1, -0.05) is 43.3 Å². The van der Waals surface area contributed by atoms with Crippen molar-refractivity contribution in [3.63, 3.8) is 0 Å². The zero-order valence-corrected chi connectivity index (χ0v) is 17.2. The topological polar surface area (TPSA) is 113 Å². The van der Waals surface area contributed by atoms with Gasteiger partial charge in [0.1, 0.15) is 0 Å². The fourth-order valence-corrected chi connectivity index (χ4v) is 3.52. The molecule has 1 aromatic heterocycles. The number of aromatic hydroxyl groups is 1. The summed E-state index contributed by atoms with van der Waals surface area (Å²) in [6.45, 7) is 2.03. The first-order chi connectivity index (χ1) is 13.9. The molecule has 1 heterocycles. The number of aromatic nitrogens is 2. The quantitative estimate of drug-likeness (QED) is 0.397. The van der Waals surface area contributed by atoms with E-state index in [0.717, 1.165) is 12.0 Å². The first-order valence-corrected chi connectivity index (χ1v) is 10.2. The summed E-state index contributed by atoms with van der Waals surface area (Å²) in [7, 11) is 3.21. The van der Waals surface area contributed by atoms with Gasteiger partial charge >= 0.3 is 0 Å². The molecule has 0 saturated carbocycles. The van der Waals surface area contributed by atoms with E-state index in [1.165, 1.54) is 11.0 Å². The van der Waals surface area contributed by atoms with Crippen LogP contribution in [-0.4, -0.2) is 43.3 Å². The molecule has 0 aliphatic rings. The second-order valence-electron chi connectivity index (χ2n) is 6.65. The fraction of sp³-hybridized carbons (Fsp3) is 0.250. The van der Waals surface area contributed by atoms with Gasteiger partial charge in [-0.15, -0.1) is 0 Å². The molecule has 3 N–H and O–H groups in total. The van der Waals surface area contributed by atoms with Crippen LogP contribution >= 0.6 is 11.1 Å². The Balaban J connectivity index is 1.88. The molecule has 0 spiro atoms. The van der Waals surface area contributed by atoms with E-state index in [0.29, 0.717) is 5.82 Å². The summed E-state index contributed by atoms with van der Waals surface area (Å²) >= 11 is -1.77. The third-order valence-corrected chi connectivity index (χ3v) is 5.09. The van der Waals surface area contributed by atoms with Crippen LogP contribution in [0.25, 0.3) is 0 Å². The number of carbonyl (C=O) groups is 1. The standard InChI is InChI=1S/C20H23N5O3S/c1-4-15(13-9-6-5-7-10-13)21-18-19(24-29(28)23-18)22-16-12-8-11-14(17(16)26)20(27)25(2)3/h5-12,15,26H,4H2,1-3H3,(H,21,23)(H,22,24)/t15-,29?/m1/s1. The van der Waals surface area contributed by atoms with Crippen LogP contribution in [0.1, 0.15) is 35.3 Å². The Morgan fingerprint density at radius 3 is 2.48 bits per heavy atom. The predicted molar refractivity (Wildman–Crippen MR) is 113 cm³/mol. The number of nitrogens with zero attached hydrogens (tertiary/aromatic N) is 3. The molecule has 9 heteroatoms. The van der Waals surface area contributed by atoms with Crippen LogP contribution < -0.4 is 10.6 Å². The summed E-state index contributed by atoms with van der Waals surface area (Å²) in [5, 5.41) is 16.7. The Kier molecular flexibility index (Phi) is 6.30. The van der Waals surface area contributed by atoms with E-state index in [1.807, 2.05) is 37.3 Å². The molecule has 3 aromatic rings. The number of para-hydroxylation sites is 1. The molecular weight excluding hydrogens is 390 g/mol. The summed E-state index contributed by atoms with van der Waals surface area (Å²) in [6.07, 6.45) is 0.779. The summed E-state index contributed by atoms with van der Waals surface area (Å²) in [5.74, 6) is 0.0384.